The zero-order valence-corrected chi connectivity index (χ0v) is 11.4. The van der Waals surface area contributed by atoms with Gasteiger partial charge in [0.25, 0.3) is 5.91 Å². The van der Waals surface area contributed by atoms with Gasteiger partial charge in [0.2, 0.25) is 0 Å². The molecule has 0 radical (unpaired) electrons. The van der Waals surface area contributed by atoms with E-state index >= 15 is 0 Å². The number of rotatable bonds is 3. The Kier molecular flexibility index (Phi) is 4.97. The molecule has 0 spiro atoms. The fourth-order valence-corrected chi connectivity index (χ4v) is 2.68. The average Bonchev–Trinajstić information content (AvgIpc) is 2.42. The van der Waals surface area contributed by atoms with Crippen LogP contribution >= 0.6 is 0 Å². The van der Waals surface area contributed by atoms with Crippen LogP contribution in [0.3, 0.4) is 0 Å². The van der Waals surface area contributed by atoms with Gasteiger partial charge in [-0.25, -0.2) is 0 Å². The largest absolute Gasteiger partial charge is 0.388 e. The minimum absolute atomic E-state index is 0.101. The van der Waals surface area contributed by atoms with Gasteiger partial charge in [-0.15, -0.1) is 0 Å². The number of hydrogen-bond donors (Lipinski definition) is 2. The number of benzene rings is 1. The van der Waals surface area contributed by atoms with Crippen molar-refractivity contribution in [3.8, 4) is 0 Å². The van der Waals surface area contributed by atoms with Crippen molar-refractivity contribution in [2.75, 3.05) is 6.54 Å². The maximum absolute atomic E-state index is 12.0. The van der Waals surface area contributed by atoms with E-state index in [1.165, 1.54) is 19.3 Å². The molecule has 2 rings (SSSR count). The Morgan fingerprint density at radius 3 is 2.26 bits per heavy atom. The maximum Gasteiger partial charge on any atom is 0.251 e. The van der Waals surface area contributed by atoms with Crippen molar-refractivity contribution in [1.82, 2.24) is 5.32 Å². The first kappa shape index (κ1) is 14.1. The predicted molar refractivity (Wildman–Crippen MR) is 76.0 cm³/mol. The molecule has 1 aliphatic rings. The van der Waals surface area contributed by atoms with Crippen LogP contribution in [0.5, 0.6) is 0 Å². The van der Waals surface area contributed by atoms with Gasteiger partial charge in [-0.2, -0.15) is 0 Å². The SMILES string of the molecule is O=C(NCC1(O)CCCCCCC1)c1ccccc1. The first-order chi connectivity index (χ1) is 9.20. The lowest BCUT2D eigenvalue weighted by Gasteiger charge is -2.30. The van der Waals surface area contributed by atoms with Gasteiger partial charge in [-0.3, -0.25) is 4.79 Å². The Morgan fingerprint density at radius 2 is 1.63 bits per heavy atom. The van der Waals surface area contributed by atoms with Crippen molar-refractivity contribution in [2.24, 2.45) is 0 Å². The maximum atomic E-state index is 12.0. The Balaban J connectivity index is 1.87. The van der Waals surface area contributed by atoms with E-state index in [9.17, 15) is 9.90 Å². The summed E-state index contributed by atoms with van der Waals surface area (Å²) in [5.41, 5.74) is -0.0675. The standard InChI is InChI=1S/C16H23NO2/c18-15(14-9-5-4-6-10-14)17-13-16(19)11-7-2-1-3-8-12-16/h4-6,9-10,19H,1-3,7-8,11-13H2,(H,17,18). The smallest absolute Gasteiger partial charge is 0.251 e. The van der Waals surface area contributed by atoms with Gasteiger partial charge in [-0.1, -0.05) is 50.3 Å². The summed E-state index contributed by atoms with van der Waals surface area (Å²) < 4.78 is 0. The van der Waals surface area contributed by atoms with Crippen molar-refractivity contribution in [1.29, 1.82) is 0 Å². The van der Waals surface area contributed by atoms with Crippen LogP contribution in [0, 0.1) is 0 Å². The molecule has 104 valence electrons. The van der Waals surface area contributed by atoms with Gasteiger partial charge in [0.15, 0.2) is 0 Å². The number of carbonyl (C=O) groups is 1. The molecule has 0 atom stereocenters. The van der Waals surface area contributed by atoms with Crippen LogP contribution in [0.25, 0.3) is 0 Å². The van der Waals surface area contributed by atoms with Crippen LogP contribution in [0.1, 0.15) is 55.3 Å². The zero-order valence-electron chi connectivity index (χ0n) is 11.4. The van der Waals surface area contributed by atoms with Crippen LogP contribution in [-0.4, -0.2) is 23.2 Å². The molecular weight excluding hydrogens is 238 g/mol. The Hall–Kier alpha value is -1.35. The monoisotopic (exact) mass is 261 g/mol. The molecular formula is C16H23NO2. The summed E-state index contributed by atoms with van der Waals surface area (Å²) in [7, 11) is 0. The highest BCUT2D eigenvalue weighted by molar-refractivity contribution is 5.94. The highest BCUT2D eigenvalue weighted by Crippen LogP contribution is 2.25. The lowest BCUT2D eigenvalue weighted by molar-refractivity contribution is 0.0146. The molecule has 1 aromatic rings. The molecule has 0 saturated heterocycles. The second-order valence-corrected chi connectivity index (χ2v) is 5.54. The van der Waals surface area contributed by atoms with E-state index in [0.29, 0.717) is 12.1 Å². The quantitative estimate of drug-likeness (QED) is 0.879. The Morgan fingerprint density at radius 1 is 1.05 bits per heavy atom. The summed E-state index contributed by atoms with van der Waals surface area (Å²) in [5.74, 6) is -0.101. The van der Waals surface area contributed by atoms with Crippen LogP contribution in [0.15, 0.2) is 30.3 Å². The summed E-state index contributed by atoms with van der Waals surface area (Å²) in [5, 5.41) is 13.4. The van der Waals surface area contributed by atoms with Crippen LogP contribution < -0.4 is 5.32 Å². The first-order valence-electron chi connectivity index (χ1n) is 7.25. The summed E-state index contributed by atoms with van der Waals surface area (Å²) in [6.07, 6.45) is 7.34. The van der Waals surface area contributed by atoms with Crippen LogP contribution in [0.4, 0.5) is 0 Å². The molecule has 1 fully saturated rings. The molecule has 2 N–H and O–H groups in total. The highest BCUT2D eigenvalue weighted by atomic mass is 16.3. The van der Waals surface area contributed by atoms with E-state index in [4.69, 9.17) is 0 Å². The zero-order chi connectivity index (χ0) is 13.6. The van der Waals surface area contributed by atoms with E-state index in [0.717, 1.165) is 25.7 Å². The molecule has 0 heterocycles. The number of carbonyl (C=O) groups excluding carboxylic acids is 1. The van der Waals surface area contributed by atoms with E-state index in [1.54, 1.807) is 12.1 Å². The normalized spacial score (nSPS) is 19.2. The van der Waals surface area contributed by atoms with Gasteiger partial charge in [-0.05, 0) is 25.0 Å². The Bertz CT molecular complexity index is 394. The van der Waals surface area contributed by atoms with Gasteiger partial charge in [0.1, 0.15) is 0 Å². The van der Waals surface area contributed by atoms with Gasteiger partial charge in [0, 0.05) is 12.1 Å². The molecule has 3 heteroatoms. The molecule has 0 aromatic heterocycles. The van der Waals surface area contributed by atoms with E-state index in [-0.39, 0.29) is 5.91 Å². The van der Waals surface area contributed by atoms with Crippen molar-refractivity contribution >= 4 is 5.91 Å². The molecule has 0 bridgehead atoms. The summed E-state index contributed by atoms with van der Waals surface area (Å²) in [6.45, 7) is 0.362. The second kappa shape index (κ2) is 6.71. The average molecular weight is 261 g/mol. The molecule has 1 amide bonds. The van der Waals surface area contributed by atoms with Crippen molar-refractivity contribution in [3.05, 3.63) is 35.9 Å². The number of hydrogen-bond acceptors (Lipinski definition) is 2. The third-order valence-electron chi connectivity index (χ3n) is 3.90. The van der Waals surface area contributed by atoms with Crippen molar-refractivity contribution in [3.63, 3.8) is 0 Å². The summed E-state index contributed by atoms with van der Waals surface area (Å²) in [6, 6.07) is 9.16. The first-order valence-corrected chi connectivity index (χ1v) is 7.25. The lowest BCUT2D eigenvalue weighted by Crippen LogP contribution is -2.43. The predicted octanol–water partition coefficient (Wildman–Crippen LogP) is 2.89. The van der Waals surface area contributed by atoms with Gasteiger partial charge in [0.05, 0.1) is 5.60 Å². The van der Waals surface area contributed by atoms with Crippen LogP contribution in [-0.2, 0) is 0 Å². The molecule has 19 heavy (non-hydrogen) atoms. The van der Waals surface area contributed by atoms with Gasteiger partial charge < -0.3 is 10.4 Å². The van der Waals surface area contributed by atoms with Crippen molar-refractivity contribution < 1.29 is 9.90 Å². The molecule has 3 nitrogen and oxygen atoms in total. The molecule has 1 saturated carbocycles. The molecule has 1 aliphatic carbocycles. The fraction of sp³-hybridized carbons (Fsp3) is 0.562. The second-order valence-electron chi connectivity index (χ2n) is 5.54. The topological polar surface area (TPSA) is 49.3 Å². The van der Waals surface area contributed by atoms with Crippen LogP contribution in [0.2, 0.25) is 0 Å². The summed E-state index contributed by atoms with van der Waals surface area (Å²) >= 11 is 0. The number of nitrogens with one attached hydrogen (secondary N) is 1. The van der Waals surface area contributed by atoms with E-state index in [1.807, 2.05) is 18.2 Å². The number of aliphatic hydroxyl groups is 1. The molecule has 1 aromatic carbocycles. The lowest BCUT2D eigenvalue weighted by atomic mass is 9.87. The minimum atomic E-state index is -0.717. The van der Waals surface area contributed by atoms with E-state index < -0.39 is 5.60 Å². The summed E-state index contributed by atoms with van der Waals surface area (Å²) in [4.78, 5) is 12.0. The Labute approximate surface area is 115 Å². The van der Waals surface area contributed by atoms with Crippen molar-refractivity contribution in [2.45, 2.75) is 50.5 Å². The number of amides is 1. The molecule has 0 aliphatic heterocycles. The fourth-order valence-electron chi connectivity index (χ4n) is 2.68. The van der Waals surface area contributed by atoms with E-state index in [2.05, 4.69) is 5.32 Å². The van der Waals surface area contributed by atoms with Gasteiger partial charge >= 0.3 is 0 Å². The third-order valence-corrected chi connectivity index (χ3v) is 3.90. The third kappa shape index (κ3) is 4.35. The molecule has 0 unspecified atom stereocenters. The minimum Gasteiger partial charge on any atom is -0.388 e. The highest BCUT2D eigenvalue weighted by Gasteiger charge is 2.27.